The smallest absolute Gasteiger partial charge is 0.168 e. The van der Waals surface area contributed by atoms with E-state index in [0.29, 0.717) is 17.0 Å². The number of benzene rings is 1. The second-order valence-corrected chi connectivity index (χ2v) is 4.29. The monoisotopic (exact) mass is 245 g/mol. The molecule has 1 aromatic carbocycles. The van der Waals surface area contributed by atoms with Gasteiger partial charge in [-0.2, -0.15) is 0 Å². The number of pyridine rings is 1. The SMILES string of the molecule is Cc1ccccc1CC(=O)c1ccncc1Cl. The normalized spacial score (nSPS) is 10.2. The first-order valence-electron chi connectivity index (χ1n) is 5.35. The van der Waals surface area contributed by atoms with Gasteiger partial charge in [0.25, 0.3) is 0 Å². The molecule has 86 valence electrons. The van der Waals surface area contributed by atoms with E-state index in [1.807, 2.05) is 31.2 Å². The fourth-order valence-corrected chi connectivity index (χ4v) is 1.90. The van der Waals surface area contributed by atoms with E-state index in [4.69, 9.17) is 11.6 Å². The predicted octanol–water partition coefficient (Wildman–Crippen LogP) is 3.47. The van der Waals surface area contributed by atoms with Crippen molar-refractivity contribution >= 4 is 17.4 Å². The van der Waals surface area contributed by atoms with E-state index in [1.165, 1.54) is 6.20 Å². The number of carbonyl (C=O) groups excluding carboxylic acids is 1. The summed E-state index contributed by atoms with van der Waals surface area (Å²) in [6.45, 7) is 2.00. The Balaban J connectivity index is 2.24. The second kappa shape index (κ2) is 5.11. The number of nitrogens with zero attached hydrogens (tertiary/aromatic N) is 1. The van der Waals surface area contributed by atoms with Crippen LogP contribution in [0.3, 0.4) is 0 Å². The van der Waals surface area contributed by atoms with Crippen molar-refractivity contribution in [2.45, 2.75) is 13.3 Å². The highest BCUT2D eigenvalue weighted by Crippen LogP contribution is 2.17. The average Bonchev–Trinajstić information content (AvgIpc) is 2.32. The highest BCUT2D eigenvalue weighted by molar-refractivity contribution is 6.33. The largest absolute Gasteiger partial charge is 0.294 e. The van der Waals surface area contributed by atoms with Gasteiger partial charge in [0, 0.05) is 24.4 Å². The summed E-state index contributed by atoms with van der Waals surface area (Å²) in [6.07, 6.45) is 3.44. The molecule has 1 aromatic heterocycles. The molecular weight excluding hydrogens is 234 g/mol. The Morgan fingerprint density at radius 3 is 2.76 bits per heavy atom. The van der Waals surface area contributed by atoms with Gasteiger partial charge in [-0.15, -0.1) is 0 Å². The molecule has 0 atom stereocenters. The molecule has 2 aromatic rings. The first-order valence-corrected chi connectivity index (χ1v) is 5.73. The highest BCUT2D eigenvalue weighted by atomic mass is 35.5. The van der Waals surface area contributed by atoms with Gasteiger partial charge in [-0.1, -0.05) is 35.9 Å². The first kappa shape index (κ1) is 11.8. The minimum absolute atomic E-state index is 0.0201. The molecule has 0 aliphatic heterocycles. The molecule has 0 radical (unpaired) electrons. The topological polar surface area (TPSA) is 30.0 Å². The molecule has 0 aliphatic rings. The van der Waals surface area contributed by atoms with Gasteiger partial charge in [-0.3, -0.25) is 9.78 Å². The Hall–Kier alpha value is -1.67. The van der Waals surface area contributed by atoms with Crippen LogP contribution < -0.4 is 0 Å². The van der Waals surface area contributed by atoms with Gasteiger partial charge in [-0.25, -0.2) is 0 Å². The Morgan fingerprint density at radius 1 is 1.29 bits per heavy atom. The number of aromatic nitrogens is 1. The molecule has 0 spiro atoms. The zero-order valence-corrected chi connectivity index (χ0v) is 10.2. The van der Waals surface area contributed by atoms with Crippen LogP contribution in [0.2, 0.25) is 5.02 Å². The molecule has 0 N–H and O–H groups in total. The fourth-order valence-electron chi connectivity index (χ4n) is 1.68. The molecule has 0 saturated heterocycles. The highest BCUT2D eigenvalue weighted by Gasteiger charge is 2.11. The molecule has 1 heterocycles. The van der Waals surface area contributed by atoms with Crippen molar-refractivity contribution < 1.29 is 4.79 Å². The van der Waals surface area contributed by atoms with Crippen LogP contribution >= 0.6 is 11.6 Å². The third-order valence-corrected chi connectivity index (χ3v) is 2.99. The number of hydrogen-bond donors (Lipinski definition) is 0. The molecule has 0 bridgehead atoms. The number of Topliss-reactive ketones (excluding diaryl/α,β-unsaturated/α-hetero) is 1. The lowest BCUT2D eigenvalue weighted by atomic mass is 10.0. The zero-order valence-electron chi connectivity index (χ0n) is 9.48. The average molecular weight is 246 g/mol. The molecule has 0 unspecified atom stereocenters. The van der Waals surface area contributed by atoms with Crippen molar-refractivity contribution in [2.24, 2.45) is 0 Å². The van der Waals surface area contributed by atoms with Crippen LogP contribution in [0.1, 0.15) is 21.5 Å². The van der Waals surface area contributed by atoms with Crippen LogP contribution in [0.15, 0.2) is 42.7 Å². The molecule has 3 heteroatoms. The van der Waals surface area contributed by atoms with Crippen LogP contribution in [0.25, 0.3) is 0 Å². The Labute approximate surface area is 105 Å². The zero-order chi connectivity index (χ0) is 12.3. The minimum Gasteiger partial charge on any atom is -0.294 e. The summed E-state index contributed by atoms with van der Waals surface area (Å²) in [5, 5.41) is 0.408. The molecular formula is C14H12ClNO. The van der Waals surface area contributed by atoms with Crippen LogP contribution in [0.5, 0.6) is 0 Å². The molecule has 0 amide bonds. The van der Waals surface area contributed by atoms with Gasteiger partial charge in [-0.05, 0) is 24.1 Å². The maximum atomic E-state index is 12.1. The standard InChI is InChI=1S/C14H12ClNO/c1-10-4-2-3-5-11(10)8-14(17)12-6-7-16-9-13(12)15/h2-7,9H,8H2,1H3. The van der Waals surface area contributed by atoms with E-state index in [0.717, 1.165) is 11.1 Å². The quantitative estimate of drug-likeness (QED) is 0.775. The van der Waals surface area contributed by atoms with Crippen LogP contribution in [-0.4, -0.2) is 10.8 Å². The van der Waals surface area contributed by atoms with E-state index in [9.17, 15) is 4.79 Å². The Bertz CT molecular complexity index is 551. The van der Waals surface area contributed by atoms with E-state index in [2.05, 4.69) is 4.98 Å². The van der Waals surface area contributed by atoms with Crippen molar-refractivity contribution in [3.63, 3.8) is 0 Å². The van der Waals surface area contributed by atoms with Crippen LogP contribution in [-0.2, 0) is 6.42 Å². The van der Waals surface area contributed by atoms with Crippen molar-refractivity contribution in [1.82, 2.24) is 4.98 Å². The van der Waals surface area contributed by atoms with Crippen LogP contribution in [0.4, 0.5) is 0 Å². The maximum Gasteiger partial charge on any atom is 0.168 e. The lowest BCUT2D eigenvalue weighted by molar-refractivity contribution is 0.0993. The van der Waals surface area contributed by atoms with Crippen molar-refractivity contribution in [1.29, 1.82) is 0 Å². The number of halogens is 1. The molecule has 0 aliphatic carbocycles. The summed E-state index contributed by atoms with van der Waals surface area (Å²) in [5.41, 5.74) is 2.68. The molecule has 2 rings (SSSR count). The Kier molecular flexibility index (Phi) is 3.55. The number of rotatable bonds is 3. The van der Waals surface area contributed by atoms with Crippen molar-refractivity contribution in [3.8, 4) is 0 Å². The molecule has 17 heavy (non-hydrogen) atoms. The van der Waals surface area contributed by atoms with Gasteiger partial charge in [0.15, 0.2) is 5.78 Å². The van der Waals surface area contributed by atoms with Gasteiger partial charge in [0.05, 0.1) is 5.02 Å². The van der Waals surface area contributed by atoms with E-state index < -0.39 is 0 Å². The summed E-state index contributed by atoms with van der Waals surface area (Å²) in [6, 6.07) is 9.51. The first-order chi connectivity index (χ1) is 8.18. The van der Waals surface area contributed by atoms with Gasteiger partial charge in [0.2, 0.25) is 0 Å². The number of aryl methyl sites for hydroxylation is 1. The summed E-state index contributed by atoms with van der Waals surface area (Å²) < 4.78 is 0. The Morgan fingerprint density at radius 2 is 2.06 bits per heavy atom. The van der Waals surface area contributed by atoms with Gasteiger partial charge >= 0.3 is 0 Å². The second-order valence-electron chi connectivity index (χ2n) is 3.88. The molecule has 0 saturated carbocycles. The van der Waals surface area contributed by atoms with E-state index in [1.54, 1.807) is 12.3 Å². The molecule has 0 fully saturated rings. The van der Waals surface area contributed by atoms with Crippen LogP contribution in [0, 0.1) is 6.92 Å². The summed E-state index contributed by atoms with van der Waals surface area (Å²) in [5.74, 6) is 0.0201. The lowest BCUT2D eigenvalue weighted by Crippen LogP contribution is -2.05. The van der Waals surface area contributed by atoms with Gasteiger partial charge < -0.3 is 0 Å². The summed E-state index contributed by atoms with van der Waals surface area (Å²) in [7, 11) is 0. The molecule has 2 nitrogen and oxygen atoms in total. The van der Waals surface area contributed by atoms with Crippen molar-refractivity contribution in [3.05, 3.63) is 64.4 Å². The van der Waals surface area contributed by atoms with Crippen molar-refractivity contribution in [2.75, 3.05) is 0 Å². The predicted molar refractivity (Wildman–Crippen MR) is 68.5 cm³/mol. The van der Waals surface area contributed by atoms with Gasteiger partial charge in [0.1, 0.15) is 0 Å². The summed E-state index contributed by atoms with van der Waals surface area (Å²) >= 11 is 5.94. The third-order valence-electron chi connectivity index (χ3n) is 2.69. The summed E-state index contributed by atoms with van der Waals surface area (Å²) in [4.78, 5) is 15.9. The minimum atomic E-state index is 0.0201. The number of ketones is 1. The van der Waals surface area contributed by atoms with E-state index in [-0.39, 0.29) is 5.78 Å². The lowest BCUT2D eigenvalue weighted by Gasteiger charge is -2.05. The number of carbonyl (C=O) groups is 1. The number of hydrogen-bond acceptors (Lipinski definition) is 2. The fraction of sp³-hybridized carbons (Fsp3) is 0.143. The van der Waals surface area contributed by atoms with E-state index >= 15 is 0 Å². The third kappa shape index (κ3) is 2.71. The maximum absolute atomic E-state index is 12.1.